The van der Waals surface area contributed by atoms with Crippen molar-refractivity contribution in [2.24, 2.45) is 0 Å². The smallest absolute Gasteiger partial charge is 0.462 e. The lowest BCUT2D eigenvalue weighted by Gasteiger charge is -2.20. The molecule has 0 heterocycles. The maximum atomic E-state index is 11.7. The summed E-state index contributed by atoms with van der Waals surface area (Å²) < 4.78 is 31.0. The van der Waals surface area contributed by atoms with E-state index in [1.54, 1.807) is 6.92 Å². The molecule has 0 saturated carbocycles. The fraction of sp³-hybridized carbons (Fsp3) is 0.867. The molecule has 0 rings (SSSR count). The van der Waals surface area contributed by atoms with E-state index in [2.05, 4.69) is 4.52 Å². The van der Waals surface area contributed by atoms with Crippen molar-refractivity contribution in [2.75, 3.05) is 26.4 Å². The second-order valence-electron chi connectivity index (χ2n) is 5.54. The average molecular weight is 400 g/mol. The van der Waals surface area contributed by atoms with Gasteiger partial charge in [-0.15, -0.1) is 0 Å². The fourth-order valence-corrected chi connectivity index (χ4v) is 2.38. The number of hydrogen-bond acceptors (Lipinski definition) is 9. The molecule has 0 aromatic rings. The van der Waals surface area contributed by atoms with E-state index in [1.807, 2.05) is 6.92 Å². The summed E-state index contributed by atoms with van der Waals surface area (Å²) in [5.74, 6) is -1.03. The van der Waals surface area contributed by atoms with E-state index in [1.165, 1.54) is 0 Å². The molecule has 10 nitrogen and oxygen atoms in total. The number of carbonyl (C=O) groups excluding carboxylic acids is 2. The first-order valence-electron chi connectivity index (χ1n) is 8.49. The lowest BCUT2D eigenvalue weighted by Crippen LogP contribution is -2.29. The van der Waals surface area contributed by atoms with Gasteiger partial charge < -0.3 is 24.6 Å². The van der Waals surface area contributed by atoms with Crippen molar-refractivity contribution in [3.63, 3.8) is 0 Å². The molecule has 0 spiro atoms. The molecule has 0 radical (unpaired) electrons. The Morgan fingerprint density at radius 1 is 1.00 bits per heavy atom. The summed E-state index contributed by atoms with van der Waals surface area (Å²) in [6, 6.07) is 0. The van der Waals surface area contributed by atoms with Gasteiger partial charge in [-0.05, 0) is 12.8 Å². The van der Waals surface area contributed by atoms with Crippen LogP contribution in [-0.2, 0) is 32.7 Å². The molecule has 0 amide bonds. The lowest BCUT2D eigenvalue weighted by molar-refractivity contribution is -0.161. The zero-order chi connectivity index (χ0) is 20.0. The van der Waals surface area contributed by atoms with Crippen molar-refractivity contribution in [1.82, 2.24) is 0 Å². The topological polar surface area (TPSA) is 149 Å². The number of aliphatic hydroxyl groups excluding tert-OH is 2. The number of esters is 2. The van der Waals surface area contributed by atoms with Gasteiger partial charge in [0.2, 0.25) is 0 Å². The van der Waals surface area contributed by atoms with Crippen molar-refractivity contribution >= 4 is 19.8 Å². The van der Waals surface area contributed by atoms with Crippen LogP contribution < -0.4 is 0 Å². The summed E-state index contributed by atoms with van der Waals surface area (Å²) in [7, 11) is -4.54. The predicted octanol–water partition coefficient (Wildman–Crippen LogP) is 0.919. The van der Waals surface area contributed by atoms with Crippen LogP contribution in [0.3, 0.4) is 0 Å². The fourth-order valence-electron chi connectivity index (χ4n) is 1.59. The maximum Gasteiger partial charge on any atom is 0.472 e. The van der Waals surface area contributed by atoms with Gasteiger partial charge in [0.15, 0.2) is 6.10 Å². The van der Waals surface area contributed by atoms with Crippen LogP contribution in [0.2, 0.25) is 0 Å². The highest BCUT2D eigenvalue weighted by Crippen LogP contribution is 2.43. The molecule has 0 fully saturated rings. The summed E-state index contributed by atoms with van der Waals surface area (Å²) >= 11 is 0. The number of aliphatic hydroxyl groups is 2. The van der Waals surface area contributed by atoms with Gasteiger partial charge in [0.25, 0.3) is 0 Å². The highest BCUT2D eigenvalue weighted by atomic mass is 31.2. The van der Waals surface area contributed by atoms with Gasteiger partial charge in [0, 0.05) is 12.8 Å². The van der Waals surface area contributed by atoms with Crippen LogP contribution in [0, 0.1) is 0 Å². The SMILES string of the molecule is CCCCC(=O)OC[C@H](COP(=O)(O)OC[C@@H](O)CO)OC(=O)CCC. The van der Waals surface area contributed by atoms with E-state index in [9.17, 15) is 19.0 Å². The zero-order valence-corrected chi connectivity index (χ0v) is 16.1. The van der Waals surface area contributed by atoms with Gasteiger partial charge in [-0.3, -0.25) is 18.6 Å². The Hall–Kier alpha value is -1.03. The Kier molecular flexibility index (Phi) is 13.5. The lowest BCUT2D eigenvalue weighted by atomic mass is 10.2. The van der Waals surface area contributed by atoms with Crippen molar-refractivity contribution < 1.29 is 47.8 Å². The summed E-state index contributed by atoms with van der Waals surface area (Å²) in [5, 5.41) is 17.7. The Morgan fingerprint density at radius 3 is 2.23 bits per heavy atom. The van der Waals surface area contributed by atoms with Crippen LogP contribution in [0.4, 0.5) is 0 Å². The van der Waals surface area contributed by atoms with Gasteiger partial charge in [-0.25, -0.2) is 4.57 Å². The van der Waals surface area contributed by atoms with Gasteiger partial charge >= 0.3 is 19.8 Å². The third-order valence-corrected chi connectivity index (χ3v) is 3.93. The molecule has 0 saturated heterocycles. The normalized spacial score (nSPS) is 15.7. The third-order valence-electron chi connectivity index (χ3n) is 2.98. The van der Waals surface area contributed by atoms with Crippen LogP contribution in [0.1, 0.15) is 46.0 Å². The predicted molar refractivity (Wildman–Crippen MR) is 90.1 cm³/mol. The first kappa shape index (κ1) is 25.0. The minimum absolute atomic E-state index is 0.135. The summed E-state index contributed by atoms with van der Waals surface area (Å²) in [6.45, 7) is 1.57. The molecule has 3 N–H and O–H groups in total. The molecule has 11 heteroatoms. The number of carbonyl (C=O) groups is 2. The second-order valence-corrected chi connectivity index (χ2v) is 7.00. The van der Waals surface area contributed by atoms with Gasteiger partial charge in [-0.1, -0.05) is 20.3 Å². The standard InChI is InChI=1S/C15H29O10P/c1-3-5-7-14(18)22-10-13(25-15(19)6-4-2)11-24-26(20,21)23-9-12(17)8-16/h12-13,16-17H,3-11H2,1-2H3,(H,20,21)/t12-,13+/m0/s1. The maximum absolute atomic E-state index is 11.7. The Morgan fingerprint density at radius 2 is 1.65 bits per heavy atom. The van der Waals surface area contributed by atoms with E-state index < -0.39 is 51.8 Å². The first-order valence-corrected chi connectivity index (χ1v) is 9.99. The number of hydrogen-bond donors (Lipinski definition) is 3. The number of ether oxygens (including phenoxy) is 2. The molecule has 3 atom stereocenters. The molecule has 0 aromatic heterocycles. The van der Waals surface area contributed by atoms with E-state index in [4.69, 9.17) is 24.2 Å². The molecule has 0 bridgehead atoms. The molecule has 154 valence electrons. The number of rotatable bonds is 15. The van der Waals surface area contributed by atoms with Crippen LogP contribution in [-0.4, -0.2) is 65.7 Å². The Bertz CT molecular complexity index is 456. The van der Waals surface area contributed by atoms with Gasteiger partial charge in [-0.2, -0.15) is 0 Å². The van der Waals surface area contributed by atoms with Crippen molar-refractivity contribution in [2.45, 2.75) is 58.2 Å². The van der Waals surface area contributed by atoms with E-state index in [0.717, 1.165) is 6.42 Å². The highest BCUT2D eigenvalue weighted by molar-refractivity contribution is 7.47. The summed E-state index contributed by atoms with van der Waals surface area (Å²) in [4.78, 5) is 32.7. The highest BCUT2D eigenvalue weighted by Gasteiger charge is 2.26. The molecule has 0 aliphatic heterocycles. The van der Waals surface area contributed by atoms with Crippen LogP contribution >= 0.6 is 7.82 Å². The van der Waals surface area contributed by atoms with E-state index in [0.29, 0.717) is 12.8 Å². The average Bonchev–Trinajstić information content (AvgIpc) is 2.60. The Balaban J connectivity index is 4.56. The molecule has 26 heavy (non-hydrogen) atoms. The molecule has 0 aliphatic carbocycles. The van der Waals surface area contributed by atoms with Crippen LogP contribution in [0.15, 0.2) is 0 Å². The molecule has 0 aliphatic rings. The van der Waals surface area contributed by atoms with Gasteiger partial charge in [0.1, 0.15) is 12.7 Å². The minimum Gasteiger partial charge on any atom is -0.462 e. The second kappa shape index (κ2) is 14.1. The van der Waals surface area contributed by atoms with Crippen molar-refractivity contribution in [3.05, 3.63) is 0 Å². The monoisotopic (exact) mass is 400 g/mol. The molecular formula is C15H29O10P. The van der Waals surface area contributed by atoms with E-state index in [-0.39, 0.29) is 19.4 Å². The van der Waals surface area contributed by atoms with E-state index >= 15 is 0 Å². The third kappa shape index (κ3) is 13.2. The van der Waals surface area contributed by atoms with Crippen molar-refractivity contribution in [1.29, 1.82) is 0 Å². The minimum atomic E-state index is -4.54. The quantitative estimate of drug-likeness (QED) is 0.267. The molecule has 1 unspecified atom stereocenters. The largest absolute Gasteiger partial charge is 0.472 e. The number of phosphoric acid groups is 1. The molecule has 0 aromatic carbocycles. The first-order chi connectivity index (χ1) is 12.2. The number of phosphoric ester groups is 1. The summed E-state index contributed by atoms with van der Waals surface area (Å²) in [6.07, 6.45) is -0.0450. The Labute approximate surface area is 153 Å². The van der Waals surface area contributed by atoms with Crippen molar-refractivity contribution in [3.8, 4) is 0 Å². The molecular weight excluding hydrogens is 371 g/mol. The zero-order valence-electron chi connectivity index (χ0n) is 15.2. The van der Waals surface area contributed by atoms with Crippen LogP contribution in [0.25, 0.3) is 0 Å². The summed E-state index contributed by atoms with van der Waals surface area (Å²) in [5.41, 5.74) is 0. The van der Waals surface area contributed by atoms with Crippen LogP contribution in [0.5, 0.6) is 0 Å². The van der Waals surface area contributed by atoms with Gasteiger partial charge in [0.05, 0.1) is 19.8 Å². The number of unbranched alkanes of at least 4 members (excludes halogenated alkanes) is 1.